The second-order valence-electron chi connectivity index (χ2n) is 3.64. The van der Waals surface area contributed by atoms with Crippen LogP contribution in [0, 0.1) is 0 Å². The average Bonchev–Trinajstić information content (AvgIpc) is 2.67. The van der Waals surface area contributed by atoms with Gasteiger partial charge in [0.2, 0.25) is 0 Å². The van der Waals surface area contributed by atoms with Crippen molar-refractivity contribution < 1.29 is 9.90 Å². The van der Waals surface area contributed by atoms with Crippen molar-refractivity contribution in [3.63, 3.8) is 0 Å². The van der Waals surface area contributed by atoms with Crippen LogP contribution in [0.5, 0.6) is 0 Å². The Kier molecular flexibility index (Phi) is 1.77. The number of dihydropyridines is 1. The number of para-hydroxylation sites is 1. The van der Waals surface area contributed by atoms with Crippen molar-refractivity contribution in [2.24, 2.45) is 9.98 Å². The van der Waals surface area contributed by atoms with Gasteiger partial charge in [-0.3, -0.25) is 4.99 Å². The molecule has 0 radical (unpaired) electrons. The highest BCUT2D eigenvalue weighted by Gasteiger charge is 2.22. The predicted molar refractivity (Wildman–Crippen MR) is 58.7 cm³/mol. The molecule has 1 aromatic rings. The summed E-state index contributed by atoms with van der Waals surface area (Å²) in [6.07, 6.45) is 1.39. The van der Waals surface area contributed by atoms with E-state index in [1.54, 1.807) is 0 Å². The molecular formula is C12H8N2O2. The van der Waals surface area contributed by atoms with Gasteiger partial charge in [-0.15, -0.1) is 0 Å². The van der Waals surface area contributed by atoms with Gasteiger partial charge in [0.25, 0.3) is 0 Å². The van der Waals surface area contributed by atoms with E-state index in [0.717, 1.165) is 16.1 Å². The van der Waals surface area contributed by atoms with Crippen LogP contribution in [-0.4, -0.2) is 23.8 Å². The van der Waals surface area contributed by atoms with E-state index in [-0.39, 0.29) is 5.57 Å². The first-order valence-electron chi connectivity index (χ1n) is 4.92. The standard InChI is InChI=1S/C12H8N2O2/c15-12(16)9-6-13-5-8-7-3-1-2-4-10(7)14-11(8)9/h1-4,6H,5H2,(H,15,16). The molecule has 0 fully saturated rings. The highest BCUT2D eigenvalue weighted by molar-refractivity contribution is 6.12. The summed E-state index contributed by atoms with van der Waals surface area (Å²) in [6, 6.07) is 7.64. The lowest BCUT2D eigenvalue weighted by Crippen LogP contribution is -2.23. The number of fused-ring (bicyclic) bond motifs is 2. The Morgan fingerprint density at radius 3 is 2.94 bits per heavy atom. The highest BCUT2D eigenvalue weighted by Crippen LogP contribution is 2.21. The molecule has 2 aliphatic rings. The van der Waals surface area contributed by atoms with E-state index in [1.807, 2.05) is 24.3 Å². The molecule has 0 saturated heterocycles. The monoisotopic (exact) mass is 212 g/mol. The van der Waals surface area contributed by atoms with Gasteiger partial charge < -0.3 is 5.11 Å². The fourth-order valence-electron chi connectivity index (χ4n) is 1.97. The number of carboxylic acids is 1. The second-order valence-corrected chi connectivity index (χ2v) is 3.64. The van der Waals surface area contributed by atoms with Crippen LogP contribution in [0.1, 0.15) is 0 Å². The Morgan fingerprint density at radius 1 is 1.31 bits per heavy atom. The van der Waals surface area contributed by atoms with Gasteiger partial charge in [0.05, 0.1) is 17.6 Å². The SMILES string of the molecule is O=C(O)C1=C2N=c3ccccc3=C2CN=C1. The van der Waals surface area contributed by atoms with Crippen LogP contribution < -0.4 is 10.6 Å². The maximum atomic E-state index is 11.0. The number of hydrogen-bond acceptors (Lipinski definition) is 3. The van der Waals surface area contributed by atoms with Gasteiger partial charge in [-0.2, -0.15) is 0 Å². The van der Waals surface area contributed by atoms with Crippen LogP contribution in [0.15, 0.2) is 45.5 Å². The highest BCUT2D eigenvalue weighted by atomic mass is 16.4. The number of aliphatic imine (C=N–C) groups is 1. The molecule has 1 aromatic carbocycles. The first kappa shape index (κ1) is 9.03. The number of carboxylic acid groups (broad SMARTS) is 1. The van der Waals surface area contributed by atoms with Gasteiger partial charge in [0.15, 0.2) is 0 Å². The smallest absolute Gasteiger partial charge is 0.339 e. The Labute approximate surface area is 91.0 Å². The molecule has 0 aliphatic carbocycles. The normalized spacial score (nSPS) is 16.9. The third-order valence-electron chi connectivity index (χ3n) is 2.70. The summed E-state index contributed by atoms with van der Waals surface area (Å²) >= 11 is 0. The van der Waals surface area contributed by atoms with Gasteiger partial charge in [0, 0.05) is 17.0 Å². The van der Waals surface area contributed by atoms with Crippen LogP contribution >= 0.6 is 0 Å². The maximum Gasteiger partial charge on any atom is 0.339 e. The second kappa shape index (κ2) is 3.13. The average molecular weight is 212 g/mol. The van der Waals surface area contributed by atoms with E-state index in [9.17, 15) is 4.79 Å². The van der Waals surface area contributed by atoms with E-state index in [1.165, 1.54) is 6.21 Å². The summed E-state index contributed by atoms with van der Waals surface area (Å²) in [5.74, 6) is -0.979. The third kappa shape index (κ3) is 1.13. The topological polar surface area (TPSA) is 62.0 Å². The van der Waals surface area contributed by atoms with Crippen molar-refractivity contribution in [1.29, 1.82) is 0 Å². The van der Waals surface area contributed by atoms with E-state index in [2.05, 4.69) is 9.98 Å². The van der Waals surface area contributed by atoms with Crippen LogP contribution in [0.2, 0.25) is 0 Å². The van der Waals surface area contributed by atoms with Crippen molar-refractivity contribution in [2.45, 2.75) is 0 Å². The first-order valence-corrected chi connectivity index (χ1v) is 4.92. The lowest BCUT2D eigenvalue weighted by Gasteiger charge is -2.08. The molecule has 1 N–H and O–H groups in total. The van der Waals surface area contributed by atoms with E-state index < -0.39 is 5.97 Å². The molecular weight excluding hydrogens is 204 g/mol. The predicted octanol–water partition coefficient (Wildman–Crippen LogP) is -0.106. The summed E-state index contributed by atoms with van der Waals surface area (Å²) in [4.78, 5) is 19.4. The van der Waals surface area contributed by atoms with Gasteiger partial charge in [-0.05, 0) is 6.07 Å². The number of carbonyl (C=O) groups is 1. The van der Waals surface area contributed by atoms with Crippen LogP contribution in [0.4, 0.5) is 0 Å². The Balaban J connectivity index is 2.40. The zero-order valence-electron chi connectivity index (χ0n) is 8.34. The molecule has 0 spiro atoms. The van der Waals surface area contributed by atoms with Gasteiger partial charge in [0.1, 0.15) is 5.57 Å². The van der Waals surface area contributed by atoms with Crippen molar-refractivity contribution in [1.82, 2.24) is 0 Å². The molecule has 0 unspecified atom stereocenters. The van der Waals surface area contributed by atoms with Crippen molar-refractivity contribution in [3.05, 3.63) is 46.1 Å². The minimum Gasteiger partial charge on any atom is -0.478 e. The molecule has 3 rings (SSSR count). The Hall–Kier alpha value is -2.23. The number of nitrogens with zero attached hydrogens (tertiary/aromatic N) is 2. The Bertz CT molecular complexity index is 669. The van der Waals surface area contributed by atoms with E-state index in [4.69, 9.17) is 5.11 Å². The quantitative estimate of drug-likeness (QED) is 0.706. The van der Waals surface area contributed by atoms with Crippen molar-refractivity contribution in [2.75, 3.05) is 6.54 Å². The molecule has 0 bridgehead atoms. The largest absolute Gasteiger partial charge is 0.478 e. The summed E-state index contributed by atoms with van der Waals surface area (Å²) in [7, 11) is 0. The number of aliphatic carboxylic acids is 1. The zero-order chi connectivity index (χ0) is 11.1. The molecule has 0 atom stereocenters. The Morgan fingerprint density at radius 2 is 2.12 bits per heavy atom. The maximum absolute atomic E-state index is 11.0. The summed E-state index contributed by atoms with van der Waals surface area (Å²) in [5.41, 5.74) is 1.65. The number of rotatable bonds is 1. The lowest BCUT2D eigenvalue weighted by atomic mass is 10.0. The summed E-state index contributed by atoms with van der Waals surface area (Å²) < 4.78 is 0. The zero-order valence-corrected chi connectivity index (χ0v) is 8.34. The van der Waals surface area contributed by atoms with E-state index >= 15 is 0 Å². The van der Waals surface area contributed by atoms with Crippen LogP contribution in [0.3, 0.4) is 0 Å². The fraction of sp³-hybridized carbons (Fsp3) is 0.0833. The summed E-state index contributed by atoms with van der Waals surface area (Å²) in [6.45, 7) is 0.507. The van der Waals surface area contributed by atoms with E-state index in [0.29, 0.717) is 12.2 Å². The number of benzene rings is 1. The molecule has 78 valence electrons. The van der Waals surface area contributed by atoms with Crippen molar-refractivity contribution >= 4 is 17.8 Å². The number of hydrogen-bond donors (Lipinski definition) is 1. The fourth-order valence-corrected chi connectivity index (χ4v) is 1.97. The van der Waals surface area contributed by atoms with Crippen LogP contribution in [-0.2, 0) is 4.79 Å². The molecule has 0 saturated carbocycles. The minimum atomic E-state index is -0.979. The molecule has 4 nitrogen and oxygen atoms in total. The molecule has 4 heteroatoms. The summed E-state index contributed by atoms with van der Waals surface area (Å²) in [5, 5.41) is 10.9. The molecule has 2 heterocycles. The first-order chi connectivity index (χ1) is 7.77. The lowest BCUT2D eigenvalue weighted by molar-refractivity contribution is -0.132. The van der Waals surface area contributed by atoms with Crippen LogP contribution in [0.25, 0.3) is 5.57 Å². The molecule has 0 amide bonds. The molecule has 2 aliphatic heterocycles. The van der Waals surface area contributed by atoms with Gasteiger partial charge in [-0.1, -0.05) is 18.2 Å². The van der Waals surface area contributed by atoms with Gasteiger partial charge >= 0.3 is 5.97 Å². The third-order valence-corrected chi connectivity index (χ3v) is 2.70. The minimum absolute atomic E-state index is 0.178. The van der Waals surface area contributed by atoms with Crippen molar-refractivity contribution in [3.8, 4) is 0 Å². The molecule has 16 heavy (non-hydrogen) atoms. The van der Waals surface area contributed by atoms with Gasteiger partial charge in [-0.25, -0.2) is 9.79 Å². The molecule has 0 aromatic heterocycles.